The summed E-state index contributed by atoms with van der Waals surface area (Å²) in [6, 6.07) is 5.46. The average Bonchev–Trinajstić information content (AvgIpc) is 2.85. The summed E-state index contributed by atoms with van der Waals surface area (Å²) in [5, 5.41) is 4.33. The van der Waals surface area contributed by atoms with Gasteiger partial charge in [0.2, 0.25) is 11.7 Å². The van der Waals surface area contributed by atoms with Gasteiger partial charge in [-0.3, -0.25) is 0 Å². The second-order valence-corrected chi connectivity index (χ2v) is 4.09. The topological polar surface area (TPSA) is 74.2 Å². The third-order valence-corrected chi connectivity index (χ3v) is 2.72. The number of hydrogen-bond donors (Lipinski definition) is 1. The number of hydrogen-bond acceptors (Lipinski definition) is 5. The number of halogens is 1. The first-order chi connectivity index (χ1) is 8.74. The molecule has 18 heavy (non-hydrogen) atoms. The molecule has 0 amide bonds. The van der Waals surface area contributed by atoms with Crippen LogP contribution in [-0.2, 0) is 19.6 Å². The molecular formula is C12H14ClN3O2. The van der Waals surface area contributed by atoms with Gasteiger partial charge in [-0.25, -0.2) is 0 Å². The molecule has 5 nitrogen and oxygen atoms in total. The van der Waals surface area contributed by atoms with Crippen LogP contribution in [0.4, 0.5) is 0 Å². The van der Waals surface area contributed by atoms with E-state index in [0.717, 1.165) is 5.56 Å². The molecule has 2 N–H and O–H groups in total. The van der Waals surface area contributed by atoms with E-state index in [-0.39, 0.29) is 6.61 Å². The van der Waals surface area contributed by atoms with Crippen LogP contribution in [-0.4, -0.2) is 10.1 Å². The van der Waals surface area contributed by atoms with Gasteiger partial charge >= 0.3 is 0 Å². The number of ether oxygens (including phenoxy) is 1. The fourth-order valence-electron chi connectivity index (χ4n) is 1.50. The Bertz CT molecular complexity index is 528. The third kappa shape index (κ3) is 2.80. The van der Waals surface area contributed by atoms with Crippen molar-refractivity contribution in [1.82, 2.24) is 10.1 Å². The summed E-state index contributed by atoms with van der Waals surface area (Å²) in [5.41, 5.74) is 6.47. The van der Waals surface area contributed by atoms with E-state index in [1.165, 1.54) is 0 Å². The first-order valence-corrected chi connectivity index (χ1v) is 6.04. The second kappa shape index (κ2) is 5.84. The number of aryl methyl sites for hydroxylation is 1. The molecule has 1 aromatic carbocycles. The number of benzene rings is 1. The van der Waals surface area contributed by atoms with Crippen molar-refractivity contribution in [3.05, 3.63) is 40.5 Å². The molecule has 2 rings (SSSR count). The Morgan fingerprint density at radius 1 is 1.44 bits per heavy atom. The second-order valence-electron chi connectivity index (χ2n) is 3.68. The van der Waals surface area contributed by atoms with Crippen LogP contribution in [0.1, 0.15) is 24.2 Å². The fourth-order valence-corrected chi connectivity index (χ4v) is 1.75. The Hall–Kier alpha value is -1.59. The molecular weight excluding hydrogens is 254 g/mol. The molecule has 1 aromatic heterocycles. The van der Waals surface area contributed by atoms with Gasteiger partial charge in [-0.15, -0.1) is 0 Å². The summed E-state index contributed by atoms with van der Waals surface area (Å²) in [5.74, 6) is 1.66. The maximum atomic E-state index is 6.06. The zero-order valence-corrected chi connectivity index (χ0v) is 10.8. The minimum absolute atomic E-state index is 0.209. The van der Waals surface area contributed by atoms with Crippen molar-refractivity contribution in [3.8, 4) is 5.75 Å². The largest absolute Gasteiger partial charge is 0.484 e. The molecule has 0 aliphatic rings. The van der Waals surface area contributed by atoms with Gasteiger partial charge in [-0.2, -0.15) is 4.98 Å². The molecule has 2 aromatic rings. The minimum Gasteiger partial charge on any atom is -0.484 e. The van der Waals surface area contributed by atoms with Gasteiger partial charge in [0.15, 0.2) is 6.61 Å². The first-order valence-electron chi connectivity index (χ1n) is 5.66. The van der Waals surface area contributed by atoms with Gasteiger partial charge in [0.1, 0.15) is 5.75 Å². The van der Waals surface area contributed by atoms with Crippen LogP contribution in [0.3, 0.4) is 0 Å². The standard InChI is InChI=1S/C12H14ClN3O2/c1-2-11-15-10(16-18-11)7-17-12-8(6-14)4-3-5-9(12)13/h3-5H,2,6-7,14H2,1H3. The van der Waals surface area contributed by atoms with Crippen molar-refractivity contribution < 1.29 is 9.26 Å². The molecule has 1 heterocycles. The molecule has 0 aliphatic heterocycles. The molecule has 0 fully saturated rings. The Morgan fingerprint density at radius 2 is 2.28 bits per heavy atom. The number of aromatic nitrogens is 2. The maximum absolute atomic E-state index is 6.06. The van der Waals surface area contributed by atoms with Crippen LogP contribution in [0.2, 0.25) is 5.02 Å². The summed E-state index contributed by atoms with van der Waals surface area (Å²) >= 11 is 6.06. The number of nitrogens with zero attached hydrogens (tertiary/aromatic N) is 2. The molecule has 6 heteroatoms. The summed E-state index contributed by atoms with van der Waals surface area (Å²) in [6.07, 6.45) is 0.702. The average molecular weight is 268 g/mol. The molecule has 0 saturated heterocycles. The minimum atomic E-state index is 0.209. The molecule has 0 atom stereocenters. The molecule has 0 radical (unpaired) electrons. The first kappa shape index (κ1) is 12.9. The van der Waals surface area contributed by atoms with E-state index in [1.807, 2.05) is 19.1 Å². The van der Waals surface area contributed by atoms with Crippen molar-refractivity contribution in [2.45, 2.75) is 26.5 Å². The van der Waals surface area contributed by atoms with Crippen LogP contribution < -0.4 is 10.5 Å². The van der Waals surface area contributed by atoms with E-state index in [2.05, 4.69) is 10.1 Å². The highest BCUT2D eigenvalue weighted by Crippen LogP contribution is 2.28. The van der Waals surface area contributed by atoms with Crippen LogP contribution in [0, 0.1) is 0 Å². The van der Waals surface area contributed by atoms with Crippen molar-refractivity contribution in [2.24, 2.45) is 5.73 Å². The Balaban J connectivity index is 2.10. The van der Waals surface area contributed by atoms with Gasteiger partial charge in [0.05, 0.1) is 5.02 Å². The van der Waals surface area contributed by atoms with E-state index < -0.39 is 0 Å². The molecule has 0 spiro atoms. The lowest BCUT2D eigenvalue weighted by molar-refractivity contribution is 0.283. The zero-order chi connectivity index (χ0) is 13.0. The van der Waals surface area contributed by atoms with Gasteiger partial charge in [-0.1, -0.05) is 35.8 Å². The van der Waals surface area contributed by atoms with Gasteiger partial charge in [0.25, 0.3) is 0 Å². The Kier molecular flexibility index (Phi) is 4.17. The highest BCUT2D eigenvalue weighted by molar-refractivity contribution is 6.32. The monoisotopic (exact) mass is 267 g/mol. The molecule has 96 valence electrons. The van der Waals surface area contributed by atoms with Crippen LogP contribution in [0.25, 0.3) is 0 Å². The molecule has 0 aliphatic carbocycles. The lowest BCUT2D eigenvalue weighted by Crippen LogP contribution is -2.04. The predicted octanol–water partition coefficient (Wildman–Crippen LogP) is 2.32. The van der Waals surface area contributed by atoms with E-state index in [0.29, 0.717) is 35.5 Å². The SMILES string of the molecule is CCc1nc(COc2c(Cl)cccc2CN)no1. The lowest BCUT2D eigenvalue weighted by atomic mass is 10.2. The van der Waals surface area contributed by atoms with Crippen LogP contribution >= 0.6 is 11.6 Å². The number of nitrogens with two attached hydrogens (primary N) is 1. The van der Waals surface area contributed by atoms with E-state index >= 15 is 0 Å². The summed E-state index contributed by atoms with van der Waals surface area (Å²) in [7, 11) is 0. The Labute approximate surface area is 110 Å². The number of rotatable bonds is 5. The van der Waals surface area contributed by atoms with Gasteiger partial charge in [0, 0.05) is 18.5 Å². The van der Waals surface area contributed by atoms with Crippen molar-refractivity contribution in [3.63, 3.8) is 0 Å². The summed E-state index contributed by atoms with van der Waals surface area (Å²) in [6.45, 7) is 2.52. The predicted molar refractivity (Wildman–Crippen MR) is 67.4 cm³/mol. The quantitative estimate of drug-likeness (QED) is 0.900. The van der Waals surface area contributed by atoms with E-state index in [4.69, 9.17) is 26.6 Å². The number of para-hydroxylation sites is 1. The zero-order valence-electron chi connectivity index (χ0n) is 10.0. The fraction of sp³-hybridized carbons (Fsp3) is 0.333. The van der Waals surface area contributed by atoms with Crippen molar-refractivity contribution >= 4 is 11.6 Å². The van der Waals surface area contributed by atoms with Crippen molar-refractivity contribution in [1.29, 1.82) is 0 Å². The molecule has 0 unspecified atom stereocenters. The highest BCUT2D eigenvalue weighted by atomic mass is 35.5. The normalized spacial score (nSPS) is 10.6. The highest BCUT2D eigenvalue weighted by Gasteiger charge is 2.10. The van der Waals surface area contributed by atoms with E-state index in [9.17, 15) is 0 Å². The van der Waals surface area contributed by atoms with Gasteiger partial charge < -0.3 is 15.0 Å². The van der Waals surface area contributed by atoms with Crippen LogP contribution in [0.15, 0.2) is 22.7 Å². The van der Waals surface area contributed by atoms with E-state index in [1.54, 1.807) is 6.07 Å². The Morgan fingerprint density at radius 3 is 2.94 bits per heavy atom. The summed E-state index contributed by atoms with van der Waals surface area (Å²) in [4.78, 5) is 4.15. The molecule has 0 saturated carbocycles. The van der Waals surface area contributed by atoms with Crippen LogP contribution in [0.5, 0.6) is 5.75 Å². The third-order valence-electron chi connectivity index (χ3n) is 2.43. The summed E-state index contributed by atoms with van der Waals surface area (Å²) < 4.78 is 10.6. The lowest BCUT2D eigenvalue weighted by Gasteiger charge is -2.10. The molecule has 0 bridgehead atoms. The van der Waals surface area contributed by atoms with Crippen molar-refractivity contribution in [2.75, 3.05) is 0 Å². The van der Waals surface area contributed by atoms with Gasteiger partial charge in [-0.05, 0) is 6.07 Å². The maximum Gasteiger partial charge on any atom is 0.226 e. The smallest absolute Gasteiger partial charge is 0.226 e.